The molecule has 0 fully saturated rings. The van der Waals surface area contributed by atoms with Crippen molar-refractivity contribution < 1.29 is 14.4 Å². The average molecular weight is 357 g/mol. The molecule has 0 aliphatic rings. The Kier molecular flexibility index (Phi) is 5.07. The SMILES string of the molecule is CON(C)C(=O)Nc1ccc(Oc2cccc3ccccc23)c(Cl)c1. The van der Waals surface area contributed by atoms with Gasteiger partial charge in [0, 0.05) is 18.1 Å². The molecule has 0 unspecified atom stereocenters. The summed E-state index contributed by atoms with van der Waals surface area (Å²) in [5, 5.41) is 6.23. The van der Waals surface area contributed by atoms with Crippen molar-refractivity contribution in [3.8, 4) is 11.5 Å². The standard InChI is InChI=1S/C19H17ClN2O3/c1-22(24-2)19(23)21-14-10-11-18(16(20)12-14)25-17-9-5-7-13-6-3-4-8-15(13)17/h3-12H,1-2H3,(H,21,23). The van der Waals surface area contributed by atoms with Crippen LogP contribution in [0.5, 0.6) is 11.5 Å². The van der Waals surface area contributed by atoms with Gasteiger partial charge in [0.2, 0.25) is 0 Å². The van der Waals surface area contributed by atoms with Crippen LogP contribution in [0.25, 0.3) is 10.8 Å². The molecule has 0 spiro atoms. The van der Waals surface area contributed by atoms with E-state index in [-0.39, 0.29) is 0 Å². The molecule has 1 N–H and O–H groups in total. The summed E-state index contributed by atoms with van der Waals surface area (Å²) in [6, 6.07) is 18.5. The molecule has 25 heavy (non-hydrogen) atoms. The minimum Gasteiger partial charge on any atom is -0.455 e. The van der Waals surface area contributed by atoms with Gasteiger partial charge in [-0.3, -0.25) is 4.84 Å². The molecule has 0 aliphatic carbocycles. The second-order valence-corrected chi connectivity index (χ2v) is 5.74. The fourth-order valence-corrected chi connectivity index (χ4v) is 2.57. The lowest BCUT2D eigenvalue weighted by Crippen LogP contribution is -2.30. The lowest BCUT2D eigenvalue weighted by Gasteiger charge is -2.15. The molecule has 3 aromatic rings. The Morgan fingerprint density at radius 1 is 1.04 bits per heavy atom. The van der Waals surface area contributed by atoms with Crippen molar-refractivity contribution in [1.82, 2.24) is 5.06 Å². The zero-order valence-electron chi connectivity index (χ0n) is 13.8. The van der Waals surface area contributed by atoms with E-state index in [9.17, 15) is 4.79 Å². The minimum atomic E-state index is -0.402. The van der Waals surface area contributed by atoms with Crippen molar-refractivity contribution in [2.45, 2.75) is 0 Å². The third-order valence-electron chi connectivity index (χ3n) is 3.71. The van der Waals surface area contributed by atoms with Gasteiger partial charge in [-0.15, -0.1) is 0 Å². The van der Waals surface area contributed by atoms with Gasteiger partial charge >= 0.3 is 6.03 Å². The predicted molar refractivity (Wildman–Crippen MR) is 99.3 cm³/mol. The zero-order chi connectivity index (χ0) is 17.8. The fraction of sp³-hybridized carbons (Fsp3) is 0.105. The average Bonchev–Trinajstić information content (AvgIpc) is 2.63. The number of nitrogens with one attached hydrogen (secondary N) is 1. The lowest BCUT2D eigenvalue weighted by molar-refractivity contribution is -0.0598. The Morgan fingerprint density at radius 2 is 1.80 bits per heavy atom. The highest BCUT2D eigenvalue weighted by atomic mass is 35.5. The zero-order valence-corrected chi connectivity index (χ0v) is 14.6. The summed E-state index contributed by atoms with van der Waals surface area (Å²) in [5.74, 6) is 1.23. The molecule has 128 valence electrons. The number of carbonyl (C=O) groups is 1. The highest BCUT2D eigenvalue weighted by Crippen LogP contribution is 2.35. The summed E-state index contributed by atoms with van der Waals surface area (Å²) in [7, 11) is 2.92. The first kappa shape index (κ1) is 17.1. The maximum Gasteiger partial charge on any atom is 0.345 e. The molecule has 0 saturated carbocycles. The number of halogens is 1. The first-order valence-electron chi connectivity index (χ1n) is 7.62. The van der Waals surface area contributed by atoms with Crippen molar-refractivity contribution in [1.29, 1.82) is 0 Å². The number of nitrogens with zero attached hydrogens (tertiary/aromatic N) is 1. The number of ether oxygens (including phenoxy) is 1. The lowest BCUT2D eigenvalue weighted by atomic mass is 10.1. The van der Waals surface area contributed by atoms with Crippen molar-refractivity contribution in [2.24, 2.45) is 0 Å². The number of urea groups is 1. The molecular weight excluding hydrogens is 340 g/mol. The Balaban J connectivity index is 1.83. The van der Waals surface area contributed by atoms with E-state index in [1.807, 2.05) is 42.5 Å². The Morgan fingerprint density at radius 3 is 2.56 bits per heavy atom. The van der Waals surface area contributed by atoms with Crippen molar-refractivity contribution >= 4 is 34.1 Å². The molecule has 0 bridgehead atoms. The molecule has 0 radical (unpaired) electrons. The molecule has 2 amide bonds. The molecule has 0 atom stereocenters. The van der Waals surface area contributed by atoms with E-state index in [0.717, 1.165) is 21.6 Å². The number of carbonyl (C=O) groups excluding carboxylic acids is 1. The summed E-state index contributed by atoms with van der Waals surface area (Å²) in [5.41, 5.74) is 0.546. The number of hydrogen-bond acceptors (Lipinski definition) is 3. The van der Waals surface area contributed by atoms with Gasteiger partial charge in [-0.1, -0.05) is 48.0 Å². The Labute approximate surface area is 150 Å². The van der Waals surface area contributed by atoms with Crippen molar-refractivity contribution in [3.05, 3.63) is 65.7 Å². The van der Waals surface area contributed by atoms with E-state index >= 15 is 0 Å². The third kappa shape index (κ3) is 3.84. The number of benzene rings is 3. The normalized spacial score (nSPS) is 10.5. The highest BCUT2D eigenvalue weighted by Gasteiger charge is 2.11. The molecule has 0 heterocycles. The summed E-state index contributed by atoms with van der Waals surface area (Å²) in [6.45, 7) is 0. The van der Waals surface area contributed by atoms with Crippen LogP contribution in [0.1, 0.15) is 0 Å². The van der Waals surface area contributed by atoms with Crippen molar-refractivity contribution in [3.63, 3.8) is 0 Å². The summed E-state index contributed by atoms with van der Waals surface area (Å²) in [4.78, 5) is 16.6. The van der Waals surface area contributed by atoms with Crippen LogP contribution < -0.4 is 10.1 Å². The third-order valence-corrected chi connectivity index (χ3v) is 4.01. The Bertz CT molecular complexity index is 909. The van der Waals surface area contributed by atoms with Gasteiger partial charge in [0.05, 0.1) is 12.1 Å². The first-order chi connectivity index (χ1) is 12.1. The van der Waals surface area contributed by atoms with Crippen LogP contribution in [0, 0.1) is 0 Å². The van der Waals surface area contributed by atoms with Crippen LogP contribution in [-0.4, -0.2) is 25.3 Å². The quantitative estimate of drug-likeness (QED) is 0.644. The van der Waals surface area contributed by atoms with Gasteiger partial charge in [0.25, 0.3) is 0 Å². The largest absolute Gasteiger partial charge is 0.455 e. The highest BCUT2D eigenvalue weighted by molar-refractivity contribution is 6.32. The summed E-state index contributed by atoms with van der Waals surface area (Å²) < 4.78 is 5.97. The van der Waals surface area contributed by atoms with E-state index in [2.05, 4.69) is 5.32 Å². The molecule has 3 rings (SSSR count). The smallest absolute Gasteiger partial charge is 0.345 e. The number of fused-ring (bicyclic) bond motifs is 1. The molecular formula is C19H17ClN2O3. The molecule has 6 heteroatoms. The number of hydrogen-bond donors (Lipinski definition) is 1. The van der Waals surface area contributed by atoms with Crippen LogP contribution in [-0.2, 0) is 4.84 Å². The first-order valence-corrected chi connectivity index (χ1v) is 8.00. The summed E-state index contributed by atoms with van der Waals surface area (Å²) in [6.07, 6.45) is 0. The van der Waals surface area contributed by atoms with E-state index in [1.165, 1.54) is 14.2 Å². The maximum atomic E-state index is 11.8. The van der Waals surface area contributed by atoms with Crippen LogP contribution in [0.2, 0.25) is 5.02 Å². The van der Waals surface area contributed by atoms with E-state index < -0.39 is 6.03 Å². The monoisotopic (exact) mass is 356 g/mol. The van der Waals surface area contributed by atoms with Crippen LogP contribution >= 0.6 is 11.6 Å². The van der Waals surface area contributed by atoms with E-state index in [4.69, 9.17) is 21.2 Å². The van der Waals surface area contributed by atoms with Crippen LogP contribution in [0.4, 0.5) is 10.5 Å². The minimum absolute atomic E-state index is 0.394. The number of amides is 2. The van der Waals surface area contributed by atoms with Crippen molar-refractivity contribution in [2.75, 3.05) is 19.5 Å². The van der Waals surface area contributed by atoms with Gasteiger partial charge in [-0.05, 0) is 29.7 Å². The molecule has 5 nitrogen and oxygen atoms in total. The van der Waals surface area contributed by atoms with E-state index in [0.29, 0.717) is 16.5 Å². The van der Waals surface area contributed by atoms with E-state index in [1.54, 1.807) is 18.2 Å². The molecule has 0 aliphatic heterocycles. The summed E-state index contributed by atoms with van der Waals surface area (Å²) >= 11 is 6.31. The molecule has 0 aromatic heterocycles. The number of rotatable bonds is 4. The Hall–Kier alpha value is -2.76. The molecule has 3 aromatic carbocycles. The van der Waals surface area contributed by atoms with Gasteiger partial charge in [-0.25, -0.2) is 9.86 Å². The number of anilines is 1. The van der Waals surface area contributed by atoms with Gasteiger partial charge in [0.15, 0.2) is 0 Å². The topological polar surface area (TPSA) is 50.8 Å². The second-order valence-electron chi connectivity index (χ2n) is 5.33. The number of hydroxylamine groups is 2. The van der Waals surface area contributed by atoms with Gasteiger partial charge < -0.3 is 10.1 Å². The van der Waals surface area contributed by atoms with Gasteiger partial charge in [-0.2, -0.15) is 0 Å². The van der Waals surface area contributed by atoms with Crippen LogP contribution in [0.3, 0.4) is 0 Å². The van der Waals surface area contributed by atoms with Gasteiger partial charge in [0.1, 0.15) is 11.5 Å². The second kappa shape index (κ2) is 7.42. The fourth-order valence-electron chi connectivity index (χ4n) is 2.35. The van der Waals surface area contributed by atoms with Crippen LogP contribution in [0.15, 0.2) is 60.7 Å². The maximum absolute atomic E-state index is 11.8. The molecule has 0 saturated heterocycles. The predicted octanol–water partition coefficient (Wildman–Crippen LogP) is 5.31.